The highest BCUT2D eigenvalue weighted by molar-refractivity contribution is 5.84. The molecule has 0 aliphatic carbocycles. The molecule has 7 heteroatoms. The smallest absolute Gasteiger partial charge is 0.328 e. The minimum absolute atomic E-state index is 0.123. The number of esters is 1. The Labute approximate surface area is 196 Å². The molecule has 1 aliphatic heterocycles. The summed E-state index contributed by atoms with van der Waals surface area (Å²) in [5.74, 6) is 0.794. The van der Waals surface area contributed by atoms with Gasteiger partial charge in [0, 0.05) is 44.0 Å². The molecule has 1 unspecified atom stereocenters. The number of methoxy groups -OCH3 is 1. The SMILES string of the molecule is CCCCC(=O)NC(Cc1ccc(OCC2CCN(c3ccncc3)CC2)cc1)C(=O)OC. The minimum atomic E-state index is -0.684. The van der Waals surface area contributed by atoms with Gasteiger partial charge in [0.25, 0.3) is 0 Å². The largest absolute Gasteiger partial charge is 0.493 e. The third kappa shape index (κ3) is 7.77. The van der Waals surface area contributed by atoms with Crippen molar-refractivity contribution in [2.75, 3.05) is 31.7 Å². The fourth-order valence-corrected chi connectivity index (χ4v) is 4.02. The summed E-state index contributed by atoms with van der Waals surface area (Å²) < 4.78 is 10.9. The summed E-state index contributed by atoms with van der Waals surface area (Å²) in [6, 6.07) is 11.2. The molecule has 3 rings (SSSR count). The lowest BCUT2D eigenvalue weighted by atomic mass is 9.97. The molecule has 0 spiro atoms. The van der Waals surface area contributed by atoms with Gasteiger partial charge in [-0.15, -0.1) is 0 Å². The number of pyridine rings is 1. The van der Waals surface area contributed by atoms with Crippen molar-refractivity contribution >= 4 is 17.6 Å². The molecule has 0 bridgehead atoms. The highest BCUT2D eigenvalue weighted by Gasteiger charge is 2.22. The highest BCUT2D eigenvalue weighted by atomic mass is 16.5. The van der Waals surface area contributed by atoms with Crippen molar-refractivity contribution in [2.45, 2.75) is 51.5 Å². The Morgan fingerprint density at radius 3 is 2.45 bits per heavy atom. The molecule has 1 aliphatic rings. The molecule has 1 atom stereocenters. The van der Waals surface area contributed by atoms with E-state index in [1.165, 1.54) is 12.8 Å². The second-order valence-electron chi connectivity index (χ2n) is 8.54. The van der Waals surface area contributed by atoms with Gasteiger partial charge >= 0.3 is 5.97 Å². The van der Waals surface area contributed by atoms with Crippen LogP contribution in [0.15, 0.2) is 48.8 Å². The molecule has 2 aromatic rings. The monoisotopic (exact) mass is 453 g/mol. The fourth-order valence-electron chi connectivity index (χ4n) is 4.02. The number of nitrogens with one attached hydrogen (secondary N) is 1. The maximum atomic E-state index is 12.1. The fraction of sp³-hybridized carbons (Fsp3) is 0.500. The van der Waals surface area contributed by atoms with E-state index in [-0.39, 0.29) is 5.91 Å². The van der Waals surface area contributed by atoms with Gasteiger partial charge in [0.15, 0.2) is 0 Å². The molecule has 33 heavy (non-hydrogen) atoms. The average molecular weight is 454 g/mol. The van der Waals surface area contributed by atoms with Gasteiger partial charge in [0.1, 0.15) is 11.8 Å². The summed E-state index contributed by atoms with van der Waals surface area (Å²) in [6.07, 6.45) is 8.40. The summed E-state index contributed by atoms with van der Waals surface area (Å²) in [5.41, 5.74) is 2.17. The number of piperidine rings is 1. The van der Waals surface area contributed by atoms with Crippen LogP contribution < -0.4 is 15.0 Å². The van der Waals surface area contributed by atoms with Crippen molar-refractivity contribution in [3.05, 3.63) is 54.4 Å². The van der Waals surface area contributed by atoms with Crippen molar-refractivity contribution in [3.8, 4) is 5.75 Å². The van der Waals surface area contributed by atoms with E-state index in [0.717, 1.165) is 50.1 Å². The number of hydrogen-bond acceptors (Lipinski definition) is 6. The Hall–Kier alpha value is -3.09. The lowest BCUT2D eigenvalue weighted by Crippen LogP contribution is -2.43. The second kappa shape index (κ2) is 12.8. The zero-order valence-electron chi connectivity index (χ0n) is 19.7. The third-order valence-corrected chi connectivity index (χ3v) is 6.07. The van der Waals surface area contributed by atoms with Crippen molar-refractivity contribution in [1.29, 1.82) is 0 Å². The van der Waals surface area contributed by atoms with Crippen LogP contribution >= 0.6 is 0 Å². The topological polar surface area (TPSA) is 80.8 Å². The van der Waals surface area contributed by atoms with Crippen LogP contribution in [0, 0.1) is 5.92 Å². The van der Waals surface area contributed by atoms with Crippen LogP contribution in [0.5, 0.6) is 5.75 Å². The van der Waals surface area contributed by atoms with Gasteiger partial charge in [-0.1, -0.05) is 25.5 Å². The Balaban J connectivity index is 1.45. The number of hydrogen-bond donors (Lipinski definition) is 1. The number of benzene rings is 1. The first-order valence-corrected chi connectivity index (χ1v) is 11.8. The number of carbonyl (C=O) groups is 2. The molecule has 1 aromatic carbocycles. The molecule has 1 N–H and O–H groups in total. The molecule has 1 fully saturated rings. The molecular formula is C26H35N3O4. The van der Waals surface area contributed by atoms with E-state index >= 15 is 0 Å². The summed E-state index contributed by atoms with van der Waals surface area (Å²) in [4.78, 5) is 30.7. The number of aromatic nitrogens is 1. The summed E-state index contributed by atoms with van der Waals surface area (Å²) in [6.45, 7) is 4.77. The van der Waals surface area contributed by atoms with Gasteiger partial charge in [-0.05, 0) is 55.0 Å². The van der Waals surface area contributed by atoms with Crippen LogP contribution in [0.4, 0.5) is 5.69 Å². The van der Waals surface area contributed by atoms with Gasteiger partial charge in [-0.2, -0.15) is 0 Å². The first kappa shape index (κ1) is 24.6. The van der Waals surface area contributed by atoms with E-state index in [4.69, 9.17) is 9.47 Å². The van der Waals surface area contributed by atoms with Crippen LogP contribution in [0.2, 0.25) is 0 Å². The Kier molecular flexibility index (Phi) is 9.54. The normalized spacial score (nSPS) is 15.0. The van der Waals surface area contributed by atoms with E-state index in [0.29, 0.717) is 25.4 Å². The molecule has 0 radical (unpaired) electrons. The number of amides is 1. The second-order valence-corrected chi connectivity index (χ2v) is 8.54. The number of carbonyl (C=O) groups excluding carboxylic acids is 2. The van der Waals surface area contributed by atoms with Crippen molar-refractivity contribution in [3.63, 3.8) is 0 Å². The first-order valence-electron chi connectivity index (χ1n) is 11.8. The molecule has 1 aromatic heterocycles. The van der Waals surface area contributed by atoms with Crippen molar-refractivity contribution < 1.29 is 19.1 Å². The molecule has 2 heterocycles. The summed E-state index contributed by atoms with van der Waals surface area (Å²) >= 11 is 0. The molecule has 7 nitrogen and oxygen atoms in total. The Bertz CT molecular complexity index is 865. The number of unbranched alkanes of at least 4 members (excludes halogenated alkanes) is 1. The van der Waals surface area contributed by atoms with E-state index in [2.05, 4.69) is 27.3 Å². The molecule has 1 saturated heterocycles. The molecule has 1 amide bonds. The number of nitrogens with zero attached hydrogens (tertiary/aromatic N) is 2. The minimum Gasteiger partial charge on any atom is -0.493 e. The maximum absolute atomic E-state index is 12.1. The summed E-state index contributed by atoms with van der Waals surface area (Å²) in [7, 11) is 1.34. The third-order valence-electron chi connectivity index (χ3n) is 6.07. The quantitative estimate of drug-likeness (QED) is 0.522. The number of ether oxygens (including phenoxy) is 2. The zero-order valence-corrected chi connectivity index (χ0v) is 19.7. The van der Waals surface area contributed by atoms with Gasteiger partial charge in [0.05, 0.1) is 13.7 Å². The predicted octanol–water partition coefficient (Wildman–Crippen LogP) is 3.77. The molecule has 178 valence electrons. The Morgan fingerprint density at radius 2 is 1.82 bits per heavy atom. The molecular weight excluding hydrogens is 418 g/mol. The van der Waals surface area contributed by atoms with Crippen LogP contribution in [0.25, 0.3) is 0 Å². The van der Waals surface area contributed by atoms with Crippen LogP contribution in [-0.2, 0) is 20.7 Å². The maximum Gasteiger partial charge on any atom is 0.328 e. The highest BCUT2D eigenvalue weighted by Crippen LogP contribution is 2.24. The molecule has 0 saturated carbocycles. The van der Waals surface area contributed by atoms with Crippen LogP contribution in [0.3, 0.4) is 0 Å². The predicted molar refractivity (Wildman–Crippen MR) is 128 cm³/mol. The lowest BCUT2D eigenvalue weighted by molar-refractivity contribution is -0.145. The zero-order chi connectivity index (χ0) is 23.5. The Morgan fingerprint density at radius 1 is 1.12 bits per heavy atom. The van der Waals surface area contributed by atoms with Gasteiger partial charge < -0.3 is 19.7 Å². The number of anilines is 1. The van der Waals surface area contributed by atoms with E-state index < -0.39 is 12.0 Å². The average Bonchev–Trinajstić information content (AvgIpc) is 2.87. The van der Waals surface area contributed by atoms with E-state index in [1.54, 1.807) is 0 Å². The van der Waals surface area contributed by atoms with Crippen LogP contribution in [-0.4, -0.2) is 49.7 Å². The van der Waals surface area contributed by atoms with Crippen molar-refractivity contribution in [2.24, 2.45) is 5.92 Å². The first-order chi connectivity index (χ1) is 16.1. The van der Waals surface area contributed by atoms with E-state index in [1.807, 2.05) is 43.6 Å². The lowest BCUT2D eigenvalue weighted by Gasteiger charge is -2.33. The summed E-state index contributed by atoms with van der Waals surface area (Å²) in [5, 5.41) is 2.80. The van der Waals surface area contributed by atoms with E-state index in [9.17, 15) is 9.59 Å². The van der Waals surface area contributed by atoms with Crippen LogP contribution in [0.1, 0.15) is 44.6 Å². The van der Waals surface area contributed by atoms with Gasteiger partial charge in [0.2, 0.25) is 5.91 Å². The number of rotatable bonds is 11. The van der Waals surface area contributed by atoms with Crippen molar-refractivity contribution in [1.82, 2.24) is 10.3 Å². The van der Waals surface area contributed by atoms with Gasteiger partial charge in [-0.3, -0.25) is 9.78 Å². The standard InChI is InChI=1S/C26H35N3O4/c1-3-4-5-25(30)28-24(26(31)32-2)18-20-6-8-23(9-7-20)33-19-21-12-16-29(17-13-21)22-10-14-27-15-11-22/h6-11,14-15,21,24H,3-5,12-13,16-19H2,1-2H3,(H,28,30). The van der Waals surface area contributed by atoms with Gasteiger partial charge in [-0.25, -0.2) is 4.79 Å².